The van der Waals surface area contributed by atoms with Gasteiger partial charge < -0.3 is 31.6 Å². The molecular formula is C19H18N6O7S. The zero-order valence-electron chi connectivity index (χ0n) is 16.8. The van der Waals surface area contributed by atoms with Gasteiger partial charge in [-0.1, -0.05) is 6.08 Å². The van der Waals surface area contributed by atoms with E-state index >= 15 is 0 Å². The first-order chi connectivity index (χ1) is 15.7. The predicted molar refractivity (Wildman–Crippen MR) is 113 cm³/mol. The third-order valence-corrected chi connectivity index (χ3v) is 6.00. The van der Waals surface area contributed by atoms with Crippen LogP contribution in [0.2, 0.25) is 0 Å². The van der Waals surface area contributed by atoms with Crippen LogP contribution in [0.15, 0.2) is 34.2 Å². The number of carbonyl (C=O) groups excluding carboxylic acids is 3. The fourth-order valence-electron chi connectivity index (χ4n) is 3.72. The number of hydrogen-bond acceptors (Lipinski definition) is 9. The summed E-state index contributed by atoms with van der Waals surface area (Å²) in [7, 11) is 0. The Morgan fingerprint density at radius 3 is 2.73 bits per heavy atom. The van der Waals surface area contributed by atoms with Crippen LogP contribution in [0.25, 0.3) is 0 Å². The molecule has 7 N–H and O–H groups in total. The number of anilines is 1. The van der Waals surface area contributed by atoms with Gasteiger partial charge in [0.25, 0.3) is 11.8 Å². The number of nitrogens with one attached hydrogen (secondary N) is 3. The number of pyridine rings is 1. The maximum atomic E-state index is 13.1. The minimum atomic E-state index is -1.36. The number of rotatable bonds is 6. The van der Waals surface area contributed by atoms with Crippen LogP contribution in [0.4, 0.5) is 5.13 Å². The maximum absolute atomic E-state index is 13.1. The lowest BCUT2D eigenvalue weighted by atomic mass is 9.86. The van der Waals surface area contributed by atoms with E-state index < -0.39 is 53.0 Å². The van der Waals surface area contributed by atoms with Crippen molar-refractivity contribution in [2.24, 2.45) is 0 Å². The Morgan fingerprint density at radius 2 is 2.09 bits per heavy atom. The minimum Gasteiger partial charge on any atom is -0.503 e. The summed E-state index contributed by atoms with van der Waals surface area (Å²) in [5.74, 6) is -3.99. The molecule has 14 heteroatoms. The molecule has 2 aromatic heterocycles. The van der Waals surface area contributed by atoms with Crippen molar-refractivity contribution in [2.75, 3.05) is 5.73 Å². The molecule has 0 bridgehead atoms. The molecular weight excluding hydrogens is 456 g/mol. The number of allylic oxidation sites excluding steroid dienone is 1. The lowest BCUT2D eigenvalue weighted by Crippen LogP contribution is -2.71. The van der Waals surface area contributed by atoms with Crippen LogP contribution in [-0.4, -0.2) is 60.9 Å². The van der Waals surface area contributed by atoms with Crippen molar-refractivity contribution in [3.05, 3.63) is 51.0 Å². The number of fused-ring (bicyclic) bond motifs is 1. The van der Waals surface area contributed by atoms with E-state index in [9.17, 15) is 34.2 Å². The molecule has 0 aliphatic carbocycles. The number of H-pyrrole nitrogens is 1. The molecule has 0 aromatic carbocycles. The van der Waals surface area contributed by atoms with E-state index in [2.05, 4.69) is 20.6 Å². The molecule has 4 rings (SSSR count). The van der Waals surface area contributed by atoms with E-state index in [1.165, 1.54) is 11.5 Å². The highest BCUT2D eigenvalue weighted by atomic mass is 32.1. The van der Waals surface area contributed by atoms with Crippen LogP contribution < -0.4 is 21.8 Å². The first kappa shape index (κ1) is 22.0. The van der Waals surface area contributed by atoms with Crippen LogP contribution in [0, 0.1) is 0 Å². The highest BCUT2D eigenvalue weighted by Crippen LogP contribution is 2.33. The van der Waals surface area contributed by atoms with E-state index in [1.54, 1.807) is 0 Å². The molecule has 3 atom stereocenters. The summed E-state index contributed by atoms with van der Waals surface area (Å²) < 4.78 is 0. The standard InChI is InChI=1S/C19H18N6O7S/c20-19-22-8(6-33-19)13(23-15(28)7-4-11(26)12(27)5-21-7)16(29)24-14-9-2-1-3-10(18(31)32)25(9)17(14)30/h3-6,9,13-14,27H,1-2H2,(H2,20,22)(H,21,26)(H,23,28)(H,24,29)(H,31,32)/t9-,13+,14+/m1/s1. The monoisotopic (exact) mass is 474 g/mol. The molecule has 0 spiro atoms. The topological polar surface area (TPSA) is 208 Å². The van der Waals surface area contributed by atoms with E-state index in [1.807, 2.05) is 0 Å². The highest BCUT2D eigenvalue weighted by Gasteiger charge is 2.52. The van der Waals surface area contributed by atoms with Gasteiger partial charge in [-0.3, -0.25) is 24.1 Å². The molecule has 1 saturated heterocycles. The van der Waals surface area contributed by atoms with Gasteiger partial charge in [0, 0.05) is 17.6 Å². The number of nitrogen functional groups attached to an aromatic ring is 1. The summed E-state index contributed by atoms with van der Waals surface area (Å²) in [5, 5.41) is 25.2. The highest BCUT2D eigenvalue weighted by molar-refractivity contribution is 7.13. The number of β-lactam (4-membered cyclic amide) rings is 1. The number of aromatic amines is 1. The Bertz CT molecular complexity index is 1250. The van der Waals surface area contributed by atoms with Gasteiger partial charge in [-0.05, 0) is 12.8 Å². The molecule has 0 radical (unpaired) electrons. The molecule has 0 saturated carbocycles. The Morgan fingerprint density at radius 1 is 1.33 bits per heavy atom. The number of nitrogens with zero attached hydrogens (tertiary/aromatic N) is 2. The number of nitrogens with two attached hydrogens (primary N) is 1. The summed E-state index contributed by atoms with van der Waals surface area (Å²) in [6.07, 6.45) is 3.28. The van der Waals surface area contributed by atoms with E-state index in [0.29, 0.717) is 12.8 Å². The quantitative estimate of drug-likeness (QED) is 0.285. The average Bonchev–Trinajstić information content (AvgIpc) is 3.22. The summed E-state index contributed by atoms with van der Waals surface area (Å²) in [6, 6.07) is -1.99. The van der Waals surface area contributed by atoms with Gasteiger partial charge in [-0.2, -0.15) is 0 Å². The molecule has 172 valence electrons. The number of hydrogen-bond donors (Lipinski definition) is 6. The van der Waals surface area contributed by atoms with Crippen molar-refractivity contribution in [1.29, 1.82) is 0 Å². The third kappa shape index (κ3) is 4.03. The Kier molecular flexibility index (Phi) is 5.59. The summed E-state index contributed by atoms with van der Waals surface area (Å²) in [6.45, 7) is 0. The number of carboxylic acid groups (broad SMARTS) is 1. The van der Waals surface area contributed by atoms with Gasteiger partial charge in [-0.15, -0.1) is 11.3 Å². The summed E-state index contributed by atoms with van der Waals surface area (Å²) in [5.41, 5.74) is 4.63. The Hall–Kier alpha value is -4.20. The smallest absolute Gasteiger partial charge is 0.352 e. The molecule has 2 aliphatic heterocycles. The van der Waals surface area contributed by atoms with E-state index in [4.69, 9.17) is 5.73 Å². The van der Waals surface area contributed by atoms with Crippen molar-refractivity contribution in [3.63, 3.8) is 0 Å². The normalized spacial score (nSPS) is 20.2. The lowest BCUT2D eigenvalue weighted by molar-refractivity contribution is -0.156. The van der Waals surface area contributed by atoms with Gasteiger partial charge in [0.2, 0.25) is 11.3 Å². The second-order valence-corrected chi connectivity index (χ2v) is 8.24. The number of aromatic nitrogens is 2. The van der Waals surface area contributed by atoms with Crippen LogP contribution in [-0.2, 0) is 14.4 Å². The third-order valence-electron chi connectivity index (χ3n) is 5.31. The summed E-state index contributed by atoms with van der Waals surface area (Å²) in [4.78, 5) is 68.8. The van der Waals surface area contributed by atoms with Gasteiger partial charge in [-0.25, -0.2) is 9.78 Å². The van der Waals surface area contributed by atoms with Crippen molar-refractivity contribution >= 4 is 40.2 Å². The fourth-order valence-corrected chi connectivity index (χ4v) is 4.31. The first-order valence-corrected chi connectivity index (χ1v) is 10.6. The van der Waals surface area contributed by atoms with E-state index in [0.717, 1.165) is 28.5 Å². The lowest BCUT2D eigenvalue weighted by Gasteiger charge is -2.49. The molecule has 0 unspecified atom stereocenters. The first-order valence-electron chi connectivity index (χ1n) is 9.67. The predicted octanol–water partition coefficient (Wildman–Crippen LogP) is -0.952. The second-order valence-electron chi connectivity index (χ2n) is 7.35. The average molecular weight is 474 g/mol. The van der Waals surface area contributed by atoms with E-state index in [-0.39, 0.29) is 22.2 Å². The fraction of sp³-hybridized carbons (Fsp3) is 0.263. The Labute approximate surface area is 188 Å². The van der Waals surface area contributed by atoms with Crippen molar-refractivity contribution in [1.82, 2.24) is 25.5 Å². The number of aromatic hydroxyl groups is 1. The number of carbonyl (C=O) groups is 4. The molecule has 3 amide bonds. The SMILES string of the molecule is Nc1nc([C@H](NC(=O)c2cc(=O)c(O)c[nH]2)C(=O)N[C@@H]2C(=O)N3C(C(=O)O)=CCC[C@H]23)cs1. The molecule has 2 aliphatic rings. The van der Waals surface area contributed by atoms with Gasteiger partial charge in [0.05, 0.1) is 11.7 Å². The zero-order chi connectivity index (χ0) is 23.9. The molecule has 2 aromatic rings. The van der Waals surface area contributed by atoms with Crippen LogP contribution in [0.1, 0.15) is 35.1 Å². The van der Waals surface area contributed by atoms with Crippen molar-refractivity contribution in [3.8, 4) is 5.75 Å². The minimum absolute atomic E-state index is 0.114. The molecule has 33 heavy (non-hydrogen) atoms. The largest absolute Gasteiger partial charge is 0.503 e. The van der Waals surface area contributed by atoms with Crippen LogP contribution in [0.5, 0.6) is 5.75 Å². The maximum Gasteiger partial charge on any atom is 0.352 e. The van der Waals surface area contributed by atoms with Crippen LogP contribution in [0.3, 0.4) is 0 Å². The van der Waals surface area contributed by atoms with Gasteiger partial charge in [0.15, 0.2) is 16.9 Å². The number of carboxylic acids is 1. The molecule has 13 nitrogen and oxygen atoms in total. The number of thiazole rings is 1. The van der Waals surface area contributed by atoms with Gasteiger partial charge in [0.1, 0.15) is 17.4 Å². The Balaban J connectivity index is 1.54. The number of amides is 3. The second kappa shape index (κ2) is 8.38. The molecule has 4 heterocycles. The number of aliphatic carboxylic acids is 1. The van der Waals surface area contributed by atoms with Crippen molar-refractivity contribution < 1.29 is 29.4 Å². The van der Waals surface area contributed by atoms with Crippen LogP contribution >= 0.6 is 11.3 Å². The summed E-state index contributed by atoms with van der Waals surface area (Å²) >= 11 is 1.03. The zero-order valence-corrected chi connectivity index (χ0v) is 17.6. The van der Waals surface area contributed by atoms with Gasteiger partial charge >= 0.3 is 5.97 Å². The van der Waals surface area contributed by atoms with Crippen molar-refractivity contribution in [2.45, 2.75) is 31.0 Å². The molecule has 1 fully saturated rings.